The van der Waals surface area contributed by atoms with Crippen LogP contribution in [0.15, 0.2) is 140 Å². The van der Waals surface area contributed by atoms with Crippen molar-refractivity contribution in [1.29, 1.82) is 0 Å². The minimum Gasteiger partial charge on any atom is -0.309 e. The van der Waals surface area contributed by atoms with Gasteiger partial charge in [-0.2, -0.15) is 0 Å². The molecular weight excluding hydrogens is 548 g/mol. The van der Waals surface area contributed by atoms with E-state index in [0.717, 1.165) is 35.2 Å². The maximum Gasteiger partial charge on any atom is 0.164 e. The standard InChI is InChI=1S/C41H28N4/c1-3-14-29(15-4-1)39-42-40(30-16-5-2-6-17-30)44-41(43-39)31-18-11-19-32(26-31)45-35-24-22-27-12-7-9-20-33(27)37(35)38-34-21-10-8-13-28(34)23-25-36(38)45/h1-7,9-12,14-26H,8,13H2. The molecule has 212 valence electrons. The van der Waals surface area contributed by atoms with E-state index >= 15 is 0 Å². The summed E-state index contributed by atoms with van der Waals surface area (Å²) in [6.45, 7) is 0. The van der Waals surface area contributed by atoms with Crippen LogP contribution in [0.25, 0.3) is 78.5 Å². The lowest BCUT2D eigenvalue weighted by Crippen LogP contribution is -2.01. The Balaban J connectivity index is 1.29. The zero-order chi connectivity index (χ0) is 29.7. The Morgan fingerprint density at radius 2 is 1.13 bits per heavy atom. The Kier molecular flexibility index (Phi) is 5.91. The van der Waals surface area contributed by atoms with E-state index in [4.69, 9.17) is 15.0 Å². The average molecular weight is 577 g/mol. The Morgan fingerprint density at radius 1 is 0.511 bits per heavy atom. The molecule has 0 atom stereocenters. The predicted octanol–water partition coefficient (Wildman–Crippen LogP) is 10.1. The van der Waals surface area contributed by atoms with Crippen LogP contribution >= 0.6 is 0 Å². The number of aryl methyl sites for hydroxylation is 1. The van der Waals surface area contributed by atoms with Crippen molar-refractivity contribution in [3.8, 4) is 39.9 Å². The zero-order valence-corrected chi connectivity index (χ0v) is 24.6. The van der Waals surface area contributed by atoms with E-state index in [-0.39, 0.29) is 0 Å². The normalized spacial score (nSPS) is 12.6. The Bertz CT molecular complexity index is 2360. The first kappa shape index (κ1) is 25.6. The Hall–Kier alpha value is -5.87. The van der Waals surface area contributed by atoms with Crippen molar-refractivity contribution in [2.24, 2.45) is 0 Å². The molecular formula is C41H28N4. The maximum absolute atomic E-state index is 5.00. The molecule has 0 fully saturated rings. The molecule has 0 saturated carbocycles. The summed E-state index contributed by atoms with van der Waals surface area (Å²) < 4.78 is 2.40. The number of rotatable bonds is 4. The summed E-state index contributed by atoms with van der Waals surface area (Å²) in [6.07, 6.45) is 6.79. The van der Waals surface area contributed by atoms with Crippen LogP contribution in [0, 0.1) is 0 Å². The topological polar surface area (TPSA) is 43.6 Å². The summed E-state index contributed by atoms with van der Waals surface area (Å²) in [7, 11) is 0. The van der Waals surface area contributed by atoms with Gasteiger partial charge < -0.3 is 4.57 Å². The molecule has 0 spiro atoms. The number of hydrogen-bond donors (Lipinski definition) is 0. The fourth-order valence-electron chi connectivity index (χ4n) is 6.79. The van der Waals surface area contributed by atoms with Gasteiger partial charge in [0.2, 0.25) is 0 Å². The van der Waals surface area contributed by atoms with Gasteiger partial charge in [0.05, 0.1) is 11.0 Å². The number of aromatic nitrogens is 4. The molecule has 0 saturated heterocycles. The quantitative estimate of drug-likeness (QED) is 0.209. The van der Waals surface area contributed by atoms with Crippen LogP contribution in [-0.4, -0.2) is 19.5 Å². The number of fused-ring (bicyclic) bond motifs is 7. The van der Waals surface area contributed by atoms with E-state index in [2.05, 4.69) is 89.5 Å². The predicted molar refractivity (Wildman–Crippen MR) is 185 cm³/mol. The number of hydrogen-bond acceptors (Lipinski definition) is 3. The lowest BCUT2D eigenvalue weighted by molar-refractivity contribution is 0.989. The Morgan fingerprint density at radius 3 is 1.89 bits per heavy atom. The second-order valence-electron chi connectivity index (χ2n) is 11.6. The summed E-state index contributed by atoms with van der Waals surface area (Å²) in [5.41, 5.74) is 9.09. The lowest BCUT2D eigenvalue weighted by atomic mass is 9.92. The monoisotopic (exact) mass is 576 g/mol. The van der Waals surface area contributed by atoms with Crippen molar-refractivity contribution < 1.29 is 0 Å². The van der Waals surface area contributed by atoms with Gasteiger partial charge in [-0.3, -0.25) is 0 Å². The highest BCUT2D eigenvalue weighted by molar-refractivity contribution is 6.23. The number of benzene rings is 6. The molecule has 0 aliphatic heterocycles. The molecule has 4 heteroatoms. The molecule has 0 amide bonds. The SMILES string of the molecule is C1=Cc2c(ccc3c2c2c4ccccc4ccc2n3-c2cccc(-c3nc(-c4ccccc4)nc(-c4ccccc4)n3)c2)CC1. The van der Waals surface area contributed by atoms with E-state index in [1.807, 2.05) is 60.7 Å². The smallest absolute Gasteiger partial charge is 0.164 e. The molecule has 2 aromatic heterocycles. The van der Waals surface area contributed by atoms with E-state index in [9.17, 15) is 0 Å². The summed E-state index contributed by atoms with van der Waals surface area (Å²) in [5.74, 6) is 1.97. The molecule has 1 aliphatic rings. The van der Waals surface area contributed by atoms with E-state index in [1.165, 1.54) is 43.7 Å². The fraction of sp³-hybridized carbons (Fsp3) is 0.0488. The van der Waals surface area contributed by atoms with Gasteiger partial charge in [0.15, 0.2) is 17.5 Å². The first-order valence-corrected chi connectivity index (χ1v) is 15.4. The van der Waals surface area contributed by atoms with Crippen LogP contribution < -0.4 is 0 Å². The van der Waals surface area contributed by atoms with Gasteiger partial charge in [-0.1, -0.05) is 121 Å². The summed E-state index contributed by atoms with van der Waals surface area (Å²) >= 11 is 0. The molecule has 1 aliphatic carbocycles. The number of nitrogens with zero attached hydrogens (tertiary/aromatic N) is 4. The first-order chi connectivity index (χ1) is 22.3. The fourth-order valence-corrected chi connectivity index (χ4v) is 6.79. The number of allylic oxidation sites excluding steroid dienone is 1. The lowest BCUT2D eigenvalue weighted by Gasteiger charge is -2.14. The van der Waals surface area contributed by atoms with E-state index < -0.39 is 0 Å². The van der Waals surface area contributed by atoms with Crippen molar-refractivity contribution in [3.63, 3.8) is 0 Å². The van der Waals surface area contributed by atoms with Gasteiger partial charge in [-0.15, -0.1) is 0 Å². The second kappa shape index (κ2) is 10.4. The van der Waals surface area contributed by atoms with Crippen LogP contribution in [0.3, 0.4) is 0 Å². The van der Waals surface area contributed by atoms with E-state index in [1.54, 1.807) is 0 Å². The van der Waals surface area contributed by atoms with Crippen molar-refractivity contribution in [2.45, 2.75) is 12.8 Å². The molecule has 0 N–H and O–H groups in total. The molecule has 8 aromatic rings. The van der Waals surface area contributed by atoms with Crippen LogP contribution in [0.5, 0.6) is 0 Å². The van der Waals surface area contributed by atoms with Gasteiger partial charge in [-0.05, 0) is 59.0 Å². The van der Waals surface area contributed by atoms with Gasteiger partial charge in [0.25, 0.3) is 0 Å². The third-order valence-corrected chi connectivity index (χ3v) is 8.88. The van der Waals surface area contributed by atoms with Gasteiger partial charge in [-0.25, -0.2) is 15.0 Å². The second-order valence-corrected chi connectivity index (χ2v) is 11.6. The molecule has 2 heterocycles. The van der Waals surface area contributed by atoms with Crippen LogP contribution in [0.4, 0.5) is 0 Å². The average Bonchev–Trinajstić information content (AvgIpc) is 3.48. The Labute approximate surface area is 261 Å². The van der Waals surface area contributed by atoms with Crippen molar-refractivity contribution in [1.82, 2.24) is 19.5 Å². The molecule has 45 heavy (non-hydrogen) atoms. The maximum atomic E-state index is 5.00. The molecule has 6 aromatic carbocycles. The zero-order valence-electron chi connectivity index (χ0n) is 24.6. The molecule has 0 unspecified atom stereocenters. The molecule has 0 bridgehead atoms. The minimum absolute atomic E-state index is 0.649. The van der Waals surface area contributed by atoms with Crippen LogP contribution in [0.2, 0.25) is 0 Å². The van der Waals surface area contributed by atoms with E-state index in [0.29, 0.717) is 17.5 Å². The van der Waals surface area contributed by atoms with Crippen LogP contribution in [0.1, 0.15) is 17.5 Å². The first-order valence-electron chi connectivity index (χ1n) is 15.4. The molecule has 9 rings (SSSR count). The highest BCUT2D eigenvalue weighted by atomic mass is 15.0. The molecule has 0 radical (unpaired) electrons. The van der Waals surface area contributed by atoms with Gasteiger partial charge in [0.1, 0.15) is 0 Å². The van der Waals surface area contributed by atoms with Crippen molar-refractivity contribution >= 4 is 38.7 Å². The summed E-state index contributed by atoms with van der Waals surface area (Å²) in [4.78, 5) is 14.9. The van der Waals surface area contributed by atoms with Gasteiger partial charge in [0, 0.05) is 33.2 Å². The summed E-state index contributed by atoms with van der Waals surface area (Å²) in [5, 5.41) is 5.15. The minimum atomic E-state index is 0.649. The molecule has 4 nitrogen and oxygen atoms in total. The third kappa shape index (κ3) is 4.26. The van der Waals surface area contributed by atoms with Crippen LogP contribution in [-0.2, 0) is 6.42 Å². The highest BCUT2D eigenvalue weighted by Gasteiger charge is 2.20. The van der Waals surface area contributed by atoms with Crippen molar-refractivity contribution in [3.05, 3.63) is 151 Å². The van der Waals surface area contributed by atoms with Gasteiger partial charge >= 0.3 is 0 Å². The van der Waals surface area contributed by atoms with Crippen molar-refractivity contribution in [2.75, 3.05) is 0 Å². The summed E-state index contributed by atoms with van der Waals surface area (Å²) in [6, 6.07) is 46.7. The third-order valence-electron chi connectivity index (χ3n) is 8.88. The largest absolute Gasteiger partial charge is 0.309 e. The highest BCUT2D eigenvalue weighted by Crippen LogP contribution is 2.41.